The molecule has 1 rings (SSSR count). The summed E-state index contributed by atoms with van der Waals surface area (Å²) in [6.45, 7) is 10.6. The van der Waals surface area contributed by atoms with Gasteiger partial charge in [-0.15, -0.1) is 0 Å². The van der Waals surface area contributed by atoms with Crippen molar-refractivity contribution in [3.05, 3.63) is 0 Å². The van der Waals surface area contributed by atoms with E-state index in [4.69, 9.17) is 9.47 Å². The number of hydrogen-bond acceptors (Lipinski definition) is 7. The smallest absolute Gasteiger partial charge is 0.323 e. The van der Waals surface area contributed by atoms with E-state index in [1.54, 1.807) is 0 Å². The Bertz CT molecular complexity index is 389. The number of rotatable bonds is 10. The highest BCUT2D eigenvalue weighted by Crippen LogP contribution is 2.11. The first-order valence-electron chi connectivity index (χ1n) is 7.17. The van der Waals surface area contributed by atoms with Crippen LogP contribution < -0.4 is 15.4 Å². The summed E-state index contributed by atoms with van der Waals surface area (Å²) in [6.07, 6.45) is 1.10. The van der Waals surface area contributed by atoms with Crippen LogP contribution in [0.25, 0.3) is 0 Å². The van der Waals surface area contributed by atoms with Crippen molar-refractivity contribution in [1.82, 2.24) is 15.0 Å². The van der Waals surface area contributed by atoms with Crippen molar-refractivity contribution in [1.29, 1.82) is 0 Å². The van der Waals surface area contributed by atoms with Crippen molar-refractivity contribution in [3.8, 4) is 6.01 Å². The maximum Gasteiger partial charge on any atom is 0.323 e. The van der Waals surface area contributed by atoms with Crippen LogP contribution in [0.2, 0.25) is 0 Å². The van der Waals surface area contributed by atoms with Gasteiger partial charge in [-0.3, -0.25) is 0 Å². The van der Waals surface area contributed by atoms with Gasteiger partial charge in [-0.25, -0.2) is 0 Å². The molecular weight excluding hydrogens is 258 g/mol. The molecule has 0 radical (unpaired) electrons. The van der Waals surface area contributed by atoms with Gasteiger partial charge in [0.2, 0.25) is 11.9 Å². The molecule has 0 aliphatic heterocycles. The van der Waals surface area contributed by atoms with Crippen molar-refractivity contribution in [3.63, 3.8) is 0 Å². The van der Waals surface area contributed by atoms with Crippen molar-refractivity contribution in [2.75, 3.05) is 36.9 Å². The largest absolute Gasteiger partial charge is 0.464 e. The zero-order valence-electron chi connectivity index (χ0n) is 12.8. The Kier molecular flexibility index (Phi) is 7.64. The van der Waals surface area contributed by atoms with Crippen LogP contribution in [0.3, 0.4) is 0 Å². The molecule has 0 spiro atoms. The molecule has 20 heavy (non-hydrogen) atoms. The van der Waals surface area contributed by atoms with Crippen LogP contribution in [0.4, 0.5) is 11.9 Å². The summed E-state index contributed by atoms with van der Waals surface area (Å²) in [4.78, 5) is 12.7. The summed E-state index contributed by atoms with van der Waals surface area (Å²) in [5.74, 6) is 1.02. The van der Waals surface area contributed by atoms with Crippen LogP contribution in [-0.4, -0.2) is 47.4 Å². The molecule has 1 aromatic rings. The van der Waals surface area contributed by atoms with Gasteiger partial charge in [0.15, 0.2) is 0 Å². The molecule has 0 aliphatic rings. The molecule has 0 aliphatic carbocycles. The van der Waals surface area contributed by atoms with E-state index >= 15 is 0 Å². The molecule has 114 valence electrons. The third-order valence-corrected chi connectivity index (χ3v) is 2.42. The molecule has 0 saturated carbocycles. The maximum atomic E-state index is 5.46. The lowest BCUT2D eigenvalue weighted by molar-refractivity contribution is 0.0854. The molecule has 0 aromatic carbocycles. The average Bonchev–Trinajstić information content (AvgIpc) is 2.43. The van der Waals surface area contributed by atoms with Crippen molar-refractivity contribution in [2.45, 2.75) is 40.2 Å². The molecule has 1 aromatic heterocycles. The van der Waals surface area contributed by atoms with E-state index in [2.05, 4.69) is 32.5 Å². The minimum Gasteiger partial charge on any atom is -0.464 e. The normalized spacial score (nSPS) is 12.0. The van der Waals surface area contributed by atoms with Gasteiger partial charge in [0, 0.05) is 19.7 Å². The van der Waals surface area contributed by atoms with Gasteiger partial charge in [0.1, 0.15) is 0 Å². The monoisotopic (exact) mass is 283 g/mol. The Hall–Kier alpha value is -1.63. The van der Waals surface area contributed by atoms with Gasteiger partial charge in [0.05, 0.1) is 12.7 Å². The van der Waals surface area contributed by atoms with Crippen LogP contribution >= 0.6 is 0 Å². The quantitative estimate of drug-likeness (QED) is 0.679. The van der Waals surface area contributed by atoms with Gasteiger partial charge in [-0.1, -0.05) is 6.92 Å². The molecule has 0 bridgehead atoms. The second-order valence-corrected chi connectivity index (χ2v) is 4.27. The number of nitrogens with one attached hydrogen (secondary N) is 2. The number of ether oxygens (including phenoxy) is 2. The topological polar surface area (TPSA) is 81.2 Å². The molecular formula is C13H25N5O2. The highest BCUT2D eigenvalue weighted by Gasteiger charge is 2.08. The fourth-order valence-electron chi connectivity index (χ4n) is 1.52. The van der Waals surface area contributed by atoms with Gasteiger partial charge < -0.3 is 20.1 Å². The SMILES string of the molecule is CCCNc1nc(NCC(C)OCC)nc(OCC)n1. The molecule has 1 atom stereocenters. The lowest BCUT2D eigenvalue weighted by Crippen LogP contribution is -2.21. The van der Waals surface area contributed by atoms with E-state index in [-0.39, 0.29) is 6.10 Å². The molecule has 7 nitrogen and oxygen atoms in total. The van der Waals surface area contributed by atoms with E-state index < -0.39 is 0 Å². The highest BCUT2D eigenvalue weighted by molar-refractivity contribution is 5.35. The summed E-state index contributed by atoms with van der Waals surface area (Å²) in [6, 6.07) is 0.327. The third-order valence-electron chi connectivity index (χ3n) is 2.42. The van der Waals surface area contributed by atoms with E-state index in [1.165, 1.54) is 0 Å². The van der Waals surface area contributed by atoms with Crippen LogP contribution in [0.5, 0.6) is 6.01 Å². The Labute approximate surface area is 120 Å². The van der Waals surface area contributed by atoms with Crippen molar-refractivity contribution < 1.29 is 9.47 Å². The molecule has 0 saturated heterocycles. The number of anilines is 2. The van der Waals surface area contributed by atoms with Crippen LogP contribution in [-0.2, 0) is 4.74 Å². The van der Waals surface area contributed by atoms with Crippen molar-refractivity contribution >= 4 is 11.9 Å². The molecule has 0 amide bonds. The lowest BCUT2D eigenvalue weighted by Gasteiger charge is -2.13. The first-order chi connectivity index (χ1) is 9.69. The summed E-state index contributed by atoms with van der Waals surface area (Å²) in [5.41, 5.74) is 0. The van der Waals surface area contributed by atoms with E-state index in [9.17, 15) is 0 Å². The van der Waals surface area contributed by atoms with E-state index in [0.29, 0.717) is 37.7 Å². The van der Waals surface area contributed by atoms with Gasteiger partial charge in [-0.05, 0) is 27.2 Å². The average molecular weight is 283 g/mol. The lowest BCUT2D eigenvalue weighted by atomic mass is 10.4. The predicted octanol–water partition coefficient (Wildman–Crippen LogP) is 1.93. The predicted molar refractivity (Wildman–Crippen MR) is 79.4 cm³/mol. The Morgan fingerprint density at radius 1 is 1.00 bits per heavy atom. The Morgan fingerprint density at radius 3 is 2.30 bits per heavy atom. The van der Waals surface area contributed by atoms with Gasteiger partial charge in [-0.2, -0.15) is 15.0 Å². The summed E-state index contributed by atoms with van der Waals surface area (Å²) in [7, 11) is 0. The number of hydrogen-bond donors (Lipinski definition) is 2. The Balaban J connectivity index is 2.69. The second-order valence-electron chi connectivity index (χ2n) is 4.27. The van der Waals surface area contributed by atoms with Gasteiger partial charge in [0.25, 0.3) is 0 Å². The fraction of sp³-hybridized carbons (Fsp3) is 0.769. The fourth-order valence-corrected chi connectivity index (χ4v) is 1.52. The third kappa shape index (κ3) is 6.01. The van der Waals surface area contributed by atoms with Crippen LogP contribution in [0.15, 0.2) is 0 Å². The summed E-state index contributed by atoms with van der Waals surface area (Å²) < 4.78 is 10.8. The molecule has 1 unspecified atom stereocenters. The zero-order chi connectivity index (χ0) is 14.8. The zero-order valence-corrected chi connectivity index (χ0v) is 12.8. The highest BCUT2D eigenvalue weighted by atomic mass is 16.5. The summed E-state index contributed by atoms with van der Waals surface area (Å²) >= 11 is 0. The summed E-state index contributed by atoms with van der Waals surface area (Å²) in [5, 5.41) is 6.27. The van der Waals surface area contributed by atoms with Crippen molar-refractivity contribution in [2.24, 2.45) is 0 Å². The van der Waals surface area contributed by atoms with Crippen LogP contribution in [0.1, 0.15) is 34.1 Å². The van der Waals surface area contributed by atoms with E-state index in [1.807, 2.05) is 20.8 Å². The van der Waals surface area contributed by atoms with Gasteiger partial charge >= 0.3 is 6.01 Å². The first kappa shape index (κ1) is 16.4. The standard InChI is InChI=1S/C13H25N5O2/c1-5-8-14-11-16-12(15-9-10(4)19-6-2)18-13(17-11)20-7-3/h10H,5-9H2,1-4H3,(H2,14,15,16,17,18). The Morgan fingerprint density at radius 2 is 1.70 bits per heavy atom. The molecule has 0 fully saturated rings. The second kappa shape index (κ2) is 9.30. The minimum absolute atomic E-state index is 0.0966. The number of aromatic nitrogens is 3. The number of nitrogens with zero attached hydrogens (tertiary/aromatic N) is 3. The minimum atomic E-state index is 0.0966. The first-order valence-corrected chi connectivity index (χ1v) is 7.17. The molecule has 7 heteroatoms. The maximum absolute atomic E-state index is 5.46. The van der Waals surface area contributed by atoms with E-state index in [0.717, 1.165) is 13.0 Å². The molecule has 1 heterocycles. The van der Waals surface area contributed by atoms with Crippen LogP contribution in [0, 0.1) is 0 Å². The molecule has 2 N–H and O–H groups in total.